The van der Waals surface area contributed by atoms with Crippen LogP contribution in [0, 0.1) is 5.82 Å². The van der Waals surface area contributed by atoms with Crippen LogP contribution in [0.3, 0.4) is 0 Å². The van der Waals surface area contributed by atoms with Crippen LogP contribution < -0.4 is 4.74 Å². The first-order chi connectivity index (χ1) is 9.47. The summed E-state index contributed by atoms with van der Waals surface area (Å²) in [6, 6.07) is 8.75. The summed E-state index contributed by atoms with van der Waals surface area (Å²) >= 11 is 9.25. The quantitative estimate of drug-likeness (QED) is 0.873. The van der Waals surface area contributed by atoms with Gasteiger partial charge in [-0.3, -0.25) is 0 Å². The van der Waals surface area contributed by atoms with Crippen LogP contribution in [-0.2, 0) is 6.61 Å². The van der Waals surface area contributed by atoms with Crippen LogP contribution in [0.15, 0.2) is 40.9 Å². The van der Waals surface area contributed by atoms with Crippen molar-refractivity contribution in [1.82, 2.24) is 0 Å². The van der Waals surface area contributed by atoms with Crippen molar-refractivity contribution >= 4 is 33.5 Å². The van der Waals surface area contributed by atoms with Crippen LogP contribution >= 0.6 is 27.5 Å². The molecule has 2 rings (SSSR count). The van der Waals surface area contributed by atoms with Crippen molar-refractivity contribution in [1.29, 1.82) is 0 Å². The molecule has 0 fully saturated rings. The Morgan fingerprint density at radius 3 is 2.65 bits per heavy atom. The number of aromatic carboxylic acids is 1. The molecule has 0 aliphatic heterocycles. The van der Waals surface area contributed by atoms with Crippen molar-refractivity contribution in [3.8, 4) is 5.75 Å². The van der Waals surface area contributed by atoms with Crippen molar-refractivity contribution in [2.24, 2.45) is 0 Å². The van der Waals surface area contributed by atoms with Gasteiger partial charge < -0.3 is 9.84 Å². The molecule has 0 unspecified atom stereocenters. The van der Waals surface area contributed by atoms with Crippen molar-refractivity contribution in [2.75, 3.05) is 0 Å². The molecule has 0 aliphatic carbocycles. The first-order valence-corrected chi connectivity index (χ1v) is 6.74. The third-order valence-corrected chi connectivity index (χ3v) is 3.37. The molecule has 0 bridgehead atoms. The monoisotopic (exact) mass is 358 g/mol. The van der Waals surface area contributed by atoms with E-state index in [1.807, 2.05) is 0 Å². The minimum Gasteiger partial charge on any atom is -0.487 e. The number of hydrogen-bond acceptors (Lipinski definition) is 2. The molecule has 3 nitrogen and oxygen atoms in total. The highest BCUT2D eigenvalue weighted by Crippen LogP contribution is 2.28. The Balaban J connectivity index is 2.13. The molecule has 0 amide bonds. The highest BCUT2D eigenvalue weighted by atomic mass is 79.9. The summed E-state index contributed by atoms with van der Waals surface area (Å²) in [6.45, 7) is -0.0346. The van der Waals surface area contributed by atoms with E-state index >= 15 is 0 Å². The summed E-state index contributed by atoms with van der Waals surface area (Å²) in [5, 5.41) is 9.16. The van der Waals surface area contributed by atoms with Gasteiger partial charge in [-0.15, -0.1) is 0 Å². The summed E-state index contributed by atoms with van der Waals surface area (Å²) < 4.78 is 19.9. The van der Waals surface area contributed by atoms with Gasteiger partial charge in [0.05, 0.1) is 10.6 Å². The van der Waals surface area contributed by atoms with E-state index in [0.29, 0.717) is 10.8 Å². The molecule has 0 aliphatic rings. The summed E-state index contributed by atoms with van der Waals surface area (Å²) in [6.07, 6.45) is 0. The van der Waals surface area contributed by atoms with Crippen molar-refractivity contribution < 1.29 is 19.0 Å². The van der Waals surface area contributed by atoms with E-state index in [1.165, 1.54) is 12.1 Å². The average molecular weight is 360 g/mol. The number of carboxylic acid groups (broad SMARTS) is 1. The predicted octanol–water partition coefficient (Wildman–Crippen LogP) is 4.52. The zero-order valence-corrected chi connectivity index (χ0v) is 12.4. The summed E-state index contributed by atoms with van der Waals surface area (Å²) in [5.41, 5.74) is 0.155. The number of ether oxygens (including phenoxy) is 1. The fourth-order valence-electron chi connectivity index (χ4n) is 1.55. The number of rotatable bonds is 4. The van der Waals surface area contributed by atoms with Gasteiger partial charge in [0.25, 0.3) is 0 Å². The molecule has 104 valence electrons. The van der Waals surface area contributed by atoms with Gasteiger partial charge in [0.2, 0.25) is 0 Å². The number of hydrogen-bond donors (Lipinski definition) is 1. The Morgan fingerprint density at radius 1 is 1.30 bits per heavy atom. The van der Waals surface area contributed by atoms with Gasteiger partial charge in [0.15, 0.2) is 0 Å². The highest BCUT2D eigenvalue weighted by molar-refractivity contribution is 9.10. The highest BCUT2D eigenvalue weighted by Gasteiger charge is 2.10. The minimum atomic E-state index is -1.17. The zero-order chi connectivity index (χ0) is 14.7. The lowest BCUT2D eigenvalue weighted by atomic mass is 10.1. The average Bonchev–Trinajstić information content (AvgIpc) is 2.38. The topological polar surface area (TPSA) is 46.5 Å². The molecule has 20 heavy (non-hydrogen) atoms. The summed E-state index contributed by atoms with van der Waals surface area (Å²) in [7, 11) is 0. The molecule has 2 aromatic rings. The second kappa shape index (κ2) is 6.24. The standard InChI is InChI=1S/C14H9BrClFO3/c15-10-3-4-13(11(16)6-10)20-7-9-2-1-8(14(18)19)5-12(9)17/h1-6H,7H2,(H,18,19). The number of halogens is 3. The SMILES string of the molecule is O=C(O)c1ccc(COc2ccc(Br)cc2Cl)c(F)c1. The maximum absolute atomic E-state index is 13.7. The first-order valence-electron chi connectivity index (χ1n) is 5.57. The van der Waals surface area contributed by atoms with E-state index < -0.39 is 11.8 Å². The second-order valence-corrected chi connectivity index (χ2v) is 5.30. The number of carbonyl (C=O) groups is 1. The molecule has 0 radical (unpaired) electrons. The number of carboxylic acids is 1. The largest absolute Gasteiger partial charge is 0.487 e. The molecule has 0 aromatic heterocycles. The van der Waals surface area contributed by atoms with Gasteiger partial charge in [-0.25, -0.2) is 9.18 Å². The summed E-state index contributed by atoms with van der Waals surface area (Å²) in [5.74, 6) is -1.37. The Labute approximate surface area is 128 Å². The van der Waals surface area contributed by atoms with Gasteiger partial charge in [0.1, 0.15) is 18.2 Å². The van der Waals surface area contributed by atoms with Crippen molar-refractivity contribution in [3.63, 3.8) is 0 Å². The fraction of sp³-hybridized carbons (Fsp3) is 0.0714. The van der Waals surface area contributed by atoms with Gasteiger partial charge in [0, 0.05) is 10.0 Å². The van der Waals surface area contributed by atoms with Crippen LogP contribution in [0.25, 0.3) is 0 Å². The molecule has 0 heterocycles. The Hall–Kier alpha value is -1.59. The van der Waals surface area contributed by atoms with E-state index in [2.05, 4.69) is 15.9 Å². The van der Waals surface area contributed by atoms with Crippen molar-refractivity contribution in [3.05, 3.63) is 62.8 Å². The molecular weight excluding hydrogens is 351 g/mol. The molecule has 0 saturated carbocycles. The third-order valence-electron chi connectivity index (χ3n) is 2.58. The van der Waals surface area contributed by atoms with Gasteiger partial charge in [-0.05, 0) is 30.3 Å². The van der Waals surface area contributed by atoms with Crippen molar-refractivity contribution in [2.45, 2.75) is 6.61 Å². The van der Waals surface area contributed by atoms with Gasteiger partial charge in [-0.1, -0.05) is 33.6 Å². The lowest BCUT2D eigenvalue weighted by Gasteiger charge is -2.09. The molecule has 1 N–H and O–H groups in total. The Kier molecular flexibility index (Phi) is 4.62. The summed E-state index contributed by atoms with van der Waals surface area (Å²) in [4.78, 5) is 10.7. The normalized spacial score (nSPS) is 10.3. The zero-order valence-electron chi connectivity index (χ0n) is 10.1. The first kappa shape index (κ1) is 14.8. The Bertz CT molecular complexity index is 661. The molecule has 2 aromatic carbocycles. The molecule has 0 saturated heterocycles. The van der Waals surface area contributed by atoms with E-state index in [-0.39, 0.29) is 17.7 Å². The third kappa shape index (κ3) is 3.49. The maximum atomic E-state index is 13.7. The Morgan fingerprint density at radius 2 is 2.05 bits per heavy atom. The molecular formula is C14H9BrClFO3. The van der Waals surface area contributed by atoms with E-state index in [0.717, 1.165) is 10.5 Å². The minimum absolute atomic E-state index is 0.0346. The smallest absolute Gasteiger partial charge is 0.335 e. The predicted molar refractivity (Wildman–Crippen MR) is 76.8 cm³/mol. The fourth-order valence-corrected chi connectivity index (χ4v) is 2.27. The van der Waals surface area contributed by atoms with Crippen LogP contribution in [-0.4, -0.2) is 11.1 Å². The van der Waals surface area contributed by atoms with E-state index in [4.69, 9.17) is 21.4 Å². The van der Waals surface area contributed by atoms with Crippen LogP contribution in [0.1, 0.15) is 15.9 Å². The van der Waals surface area contributed by atoms with Crippen LogP contribution in [0.4, 0.5) is 4.39 Å². The van der Waals surface area contributed by atoms with E-state index in [1.54, 1.807) is 18.2 Å². The lowest BCUT2D eigenvalue weighted by molar-refractivity contribution is 0.0696. The lowest BCUT2D eigenvalue weighted by Crippen LogP contribution is -2.02. The number of benzene rings is 2. The van der Waals surface area contributed by atoms with Gasteiger partial charge >= 0.3 is 5.97 Å². The maximum Gasteiger partial charge on any atom is 0.335 e. The van der Waals surface area contributed by atoms with E-state index in [9.17, 15) is 9.18 Å². The van der Waals surface area contributed by atoms with Crippen LogP contribution in [0.2, 0.25) is 5.02 Å². The molecule has 6 heteroatoms. The second-order valence-electron chi connectivity index (χ2n) is 3.97. The molecule has 0 atom stereocenters. The molecule has 0 spiro atoms. The van der Waals surface area contributed by atoms with Crippen LogP contribution in [0.5, 0.6) is 5.75 Å². The van der Waals surface area contributed by atoms with Gasteiger partial charge in [-0.2, -0.15) is 0 Å².